The third kappa shape index (κ3) is 6.64. The Labute approximate surface area is 159 Å². The smallest absolute Gasteiger partial charge is 0.376 e. The Hall–Kier alpha value is -0.406. The molecular formula is C16H34O8Si2. The van der Waals surface area contributed by atoms with Crippen molar-refractivity contribution < 1.29 is 36.3 Å². The quantitative estimate of drug-likeness (QED) is 0.119. The van der Waals surface area contributed by atoms with Gasteiger partial charge in [0.05, 0.1) is 13.2 Å². The average molecular weight is 411 g/mol. The molecule has 154 valence electrons. The van der Waals surface area contributed by atoms with Crippen LogP contribution in [-0.2, 0) is 36.3 Å². The largest absolute Gasteiger partial charge is 0.507 e. The Morgan fingerprint density at radius 3 is 1.08 bits per heavy atom. The standard InChI is InChI=1S/C16H34O8Si2/c1-9-15(25(17-3,18-4)19-5)11-13-23-24-14-12-16(10-2)26(20-6,21-7)22-8/h9-10,15-16H,1-2,11-14H2,3-8H3. The summed E-state index contributed by atoms with van der Waals surface area (Å²) in [7, 11) is 3.84. The number of hydrogen-bond donors (Lipinski definition) is 0. The van der Waals surface area contributed by atoms with Gasteiger partial charge in [-0.3, -0.25) is 0 Å². The molecular weight excluding hydrogens is 376 g/mol. The molecule has 0 aliphatic rings. The fraction of sp³-hybridized carbons (Fsp3) is 0.750. The number of rotatable bonds is 17. The summed E-state index contributed by atoms with van der Waals surface area (Å²) >= 11 is 0. The van der Waals surface area contributed by atoms with Gasteiger partial charge in [-0.1, -0.05) is 12.2 Å². The zero-order valence-corrected chi connectivity index (χ0v) is 18.8. The van der Waals surface area contributed by atoms with Crippen LogP contribution in [0.25, 0.3) is 0 Å². The summed E-state index contributed by atoms with van der Waals surface area (Å²) in [6.07, 6.45) is 4.72. The lowest BCUT2D eigenvalue weighted by atomic mass is 10.3. The lowest BCUT2D eigenvalue weighted by Gasteiger charge is -2.30. The minimum Gasteiger partial charge on any atom is -0.376 e. The van der Waals surface area contributed by atoms with Crippen LogP contribution in [0.3, 0.4) is 0 Å². The maximum atomic E-state index is 5.47. The van der Waals surface area contributed by atoms with Gasteiger partial charge in [-0.05, 0) is 12.8 Å². The van der Waals surface area contributed by atoms with Gasteiger partial charge in [-0.25, -0.2) is 9.78 Å². The molecule has 0 fully saturated rings. The first kappa shape index (κ1) is 25.6. The molecule has 0 bridgehead atoms. The Balaban J connectivity index is 4.37. The van der Waals surface area contributed by atoms with Crippen LogP contribution in [0.4, 0.5) is 0 Å². The predicted molar refractivity (Wildman–Crippen MR) is 103 cm³/mol. The Morgan fingerprint density at radius 1 is 0.615 bits per heavy atom. The van der Waals surface area contributed by atoms with E-state index in [0.29, 0.717) is 26.1 Å². The maximum absolute atomic E-state index is 5.47. The highest BCUT2D eigenvalue weighted by Crippen LogP contribution is 2.30. The van der Waals surface area contributed by atoms with Gasteiger partial charge in [0.1, 0.15) is 0 Å². The molecule has 0 aliphatic heterocycles. The minimum absolute atomic E-state index is 0.0949. The normalized spacial score (nSPS) is 14.8. The maximum Gasteiger partial charge on any atom is 0.507 e. The van der Waals surface area contributed by atoms with E-state index in [2.05, 4.69) is 13.2 Å². The van der Waals surface area contributed by atoms with Gasteiger partial charge in [0.25, 0.3) is 0 Å². The van der Waals surface area contributed by atoms with Gasteiger partial charge in [-0.15, -0.1) is 13.2 Å². The molecule has 0 aromatic carbocycles. The average Bonchev–Trinajstić information content (AvgIpc) is 2.70. The van der Waals surface area contributed by atoms with E-state index in [4.69, 9.17) is 36.3 Å². The molecule has 0 amide bonds. The first-order chi connectivity index (χ1) is 12.5. The molecule has 0 aliphatic carbocycles. The first-order valence-corrected chi connectivity index (χ1v) is 11.9. The van der Waals surface area contributed by atoms with Crippen molar-refractivity contribution in [1.29, 1.82) is 0 Å². The van der Waals surface area contributed by atoms with E-state index in [1.54, 1.807) is 54.8 Å². The second-order valence-electron chi connectivity index (χ2n) is 5.34. The van der Waals surface area contributed by atoms with Gasteiger partial charge in [-0.2, -0.15) is 0 Å². The van der Waals surface area contributed by atoms with E-state index in [1.807, 2.05) is 0 Å². The van der Waals surface area contributed by atoms with Crippen molar-refractivity contribution in [2.45, 2.75) is 23.9 Å². The van der Waals surface area contributed by atoms with E-state index >= 15 is 0 Å². The summed E-state index contributed by atoms with van der Waals surface area (Å²) in [5.74, 6) is 0. The lowest BCUT2D eigenvalue weighted by Crippen LogP contribution is -2.47. The van der Waals surface area contributed by atoms with Crippen molar-refractivity contribution >= 4 is 17.6 Å². The molecule has 0 heterocycles. The van der Waals surface area contributed by atoms with Crippen molar-refractivity contribution in [3.05, 3.63) is 25.3 Å². The molecule has 0 aromatic heterocycles. The van der Waals surface area contributed by atoms with Crippen LogP contribution in [-0.4, -0.2) is 73.5 Å². The Bertz CT molecular complexity index is 336. The molecule has 0 saturated heterocycles. The van der Waals surface area contributed by atoms with Crippen molar-refractivity contribution in [2.24, 2.45) is 0 Å². The highest BCUT2D eigenvalue weighted by atomic mass is 28.4. The molecule has 2 atom stereocenters. The summed E-state index contributed by atoms with van der Waals surface area (Å²) in [4.78, 5) is 10.5. The highest BCUT2D eigenvalue weighted by Gasteiger charge is 2.46. The van der Waals surface area contributed by atoms with Gasteiger partial charge in [0.15, 0.2) is 0 Å². The van der Waals surface area contributed by atoms with Crippen molar-refractivity contribution in [1.82, 2.24) is 0 Å². The highest BCUT2D eigenvalue weighted by molar-refractivity contribution is 6.63. The van der Waals surface area contributed by atoms with E-state index in [9.17, 15) is 0 Å². The molecule has 8 nitrogen and oxygen atoms in total. The zero-order valence-electron chi connectivity index (χ0n) is 16.8. The molecule has 10 heteroatoms. The molecule has 2 unspecified atom stereocenters. The van der Waals surface area contributed by atoms with Gasteiger partial charge < -0.3 is 26.6 Å². The molecule has 0 saturated carbocycles. The SMILES string of the molecule is C=CC(CCOOCCC(C=C)[Si](OC)(OC)OC)[Si](OC)(OC)OC. The summed E-state index contributed by atoms with van der Waals surface area (Å²) in [5, 5.41) is 0. The van der Waals surface area contributed by atoms with Gasteiger partial charge in [0.2, 0.25) is 0 Å². The summed E-state index contributed by atoms with van der Waals surface area (Å²) in [6.45, 7) is 8.35. The molecule has 0 radical (unpaired) electrons. The number of allylic oxidation sites excluding steroid dienone is 2. The predicted octanol–water partition coefficient (Wildman–Crippen LogP) is 2.58. The molecule has 0 spiro atoms. The van der Waals surface area contributed by atoms with Crippen LogP contribution < -0.4 is 0 Å². The first-order valence-electron chi connectivity index (χ1n) is 8.30. The van der Waals surface area contributed by atoms with E-state index in [-0.39, 0.29) is 11.1 Å². The van der Waals surface area contributed by atoms with Crippen LogP contribution in [0.1, 0.15) is 12.8 Å². The van der Waals surface area contributed by atoms with Gasteiger partial charge >= 0.3 is 17.6 Å². The summed E-state index contributed by atoms with van der Waals surface area (Å²) in [5.41, 5.74) is -0.190. The van der Waals surface area contributed by atoms with E-state index in [1.165, 1.54) is 0 Å². The lowest BCUT2D eigenvalue weighted by molar-refractivity contribution is -0.295. The third-order valence-corrected chi connectivity index (χ3v) is 10.6. The van der Waals surface area contributed by atoms with Crippen molar-refractivity contribution in [2.75, 3.05) is 55.9 Å². The Morgan fingerprint density at radius 2 is 0.885 bits per heavy atom. The zero-order chi connectivity index (χ0) is 20.1. The molecule has 0 N–H and O–H groups in total. The fourth-order valence-corrected chi connectivity index (χ4v) is 7.09. The topological polar surface area (TPSA) is 73.8 Å². The molecule has 0 rings (SSSR count). The Kier molecular flexibility index (Phi) is 13.5. The molecule has 26 heavy (non-hydrogen) atoms. The van der Waals surface area contributed by atoms with Crippen LogP contribution in [0, 0.1) is 0 Å². The van der Waals surface area contributed by atoms with Crippen LogP contribution in [0.15, 0.2) is 25.3 Å². The van der Waals surface area contributed by atoms with Crippen LogP contribution in [0.5, 0.6) is 0 Å². The van der Waals surface area contributed by atoms with E-state index < -0.39 is 17.6 Å². The van der Waals surface area contributed by atoms with Crippen LogP contribution >= 0.6 is 0 Å². The van der Waals surface area contributed by atoms with E-state index in [0.717, 1.165) is 0 Å². The third-order valence-electron chi connectivity index (χ3n) is 4.29. The van der Waals surface area contributed by atoms with Gasteiger partial charge in [0, 0.05) is 53.7 Å². The molecule has 0 aromatic rings. The minimum atomic E-state index is -2.79. The second kappa shape index (κ2) is 13.7. The summed E-state index contributed by atoms with van der Waals surface area (Å²) in [6, 6.07) is 0. The van der Waals surface area contributed by atoms with Crippen molar-refractivity contribution in [3.8, 4) is 0 Å². The number of hydrogen-bond acceptors (Lipinski definition) is 8. The van der Waals surface area contributed by atoms with Crippen LogP contribution in [0.2, 0.25) is 11.1 Å². The fourth-order valence-electron chi connectivity index (χ4n) is 2.75. The monoisotopic (exact) mass is 410 g/mol. The second-order valence-corrected chi connectivity index (χ2v) is 11.7. The summed E-state index contributed by atoms with van der Waals surface area (Å²) < 4.78 is 32.8. The van der Waals surface area contributed by atoms with Crippen molar-refractivity contribution in [3.63, 3.8) is 0 Å².